The zero-order chi connectivity index (χ0) is 14.7. The van der Waals surface area contributed by atoms with Crippen molar-refractivity contribution in [1.29, 1.82) is 0 Å². The van der Waals surface area contributed by atoms with E-state index in [2.05, 4.69) is 5.32 Å². The van der Waals surface area contributed by atoms with Crippen molar-refractivity contribution in [2.24, 2.45) is 5.92 Å². The van der Waals surface area contributed by atoms with Crippen LogP contribution in [-0.4, -0.2) is 53.3 Å². The highest BCUT2D eigenvalue weighted by Crippen LogP contribution is 2.23. The summed E-state index contributed by atoms with van der Waals surface area (Å²) < 4.78 is 5.45. The van der Waals surface area contributed by atoms with E-state index in [9.17, 15) is 14.7 Å². The SMILES string of the molecule is CC1CCN(C(=O)NC2CCOC(C)C2)C(C(=O)O)C1. The van der Waals surface area contributed by atoms with Crippen molar-refractivity contribution in [3.8, 4) is 0 Å². The summed E-state index contributed by atoms with van der Waals surface area (Å²) in [5.74, 6) is -0.560. The first-order chi connectivity index (χ1) is 9.47. The maximum atomic E-state index is 12.3. The summed E-state index contributed by atoms with van der Waals surface area (Å²) in [6.45, 7) is 5.18. The Bertz CT molecular complexity index is 374. The third-order valence-electron chi connectivity index (χ3n) is 4.22. The molecular formula is C14H24N2O4. The molecule has 114 valence electrons. The number of ether oxygens (including phenoxy) is 1. The first-order valence-corrected chi connectivity index (χ1v) is 7.39. The van der Waals surface area contributed by atoms with Crippen molar-refractivity contribution in [2.45, 2.75) is 57.7 Å². The smallest absolute Gasteiger partial charge is 0.326 e. The molecule has 2 N–H and O–H groups in total. The largest absolute Gasteiger partial charge is 0.480 e. The van der Waals surface area contributed by atoms with Crippen LogP contribution in [0.2, 0.25) is 0 Å². The van der Waals surface area contributed by atoms with Crippen molar-refractivity contribution in [2.75, 3.05) is 13.2 Å². The van der Waals surface area contributed by atoms with Crippen LogP contribution in [0.4, 0.5) is 4.79 Å². The highest BCUT2D eigenvalue weighted by Gasteiger charge is 2.35. The van der Waals surface area contributed by atoms with Gasteiger partial charge in [0.05, 0.1) is 6.10 Å². The summed E-state index contributed by atoms with van der Waals surface area (Å²) >= 11 is 0. The molecule has 2 heterocycles. The molecule has 6 heteroatoms. The number of urea groups is 1. The van der Waals surface area contributed by atoms with E-state index in [1.165, 1.54) is 4.90 Å². The van der Waals surface area contributed by atoms with Gasteiger partial charge in [0.2, 0.25) is 0 Å². The van der Waals surface area contributed by atoms with Crippen molar-refractivity contribution in [1.82, 2.24) is 10.2 Å². The second-order valence-electron chi connectivity index (χ2n) is 6.03. The molecule has 4 unspecified atom stereocenters. The lowest BCUT2D eigenvalue weighted by atomic mass is 9.92. The van der Waals surface area contributed by atoms with Crippen molar-refractivity contribution in [3.05, 3.63) is 0 Å². The van der Waals surface area contributed by atoms with Gasteiger partial charge in [0.15, 0.2) is 0 Å². The first-order valence-electron chi connectivity index (χ1n) is 7.39. The molecule has 2 fully saturated rings. The fourth-order valence-corrected chi connectivity index (χ4v) is 3.01. The molecule has 0 aromatic heterocycles. The van der Waals surface area contributed by atoms with E-state index in [0.29, 0.717) is 25.5 Å². The maximum Gasteiger partial charge on any atom is 0.326 e. The number of likely N-dealkylation sites (tertiary alicyclic amines) is 1. The molecule has 2 saturated heterocycles. The number of nitrogens with zero attached hydrogens (tertiary/aromatic N) is 1. The predicted molar refractivity (Wildman–Crippen MR) is 73.5 cm³/mol. The van der Waals surface area contributed by atoms with Gasteiger partial charge in [-0.05, 0) is 38.5 Å². The van der Waals surface area contributed by atoms with Crippen LogP contribution in [0.1, 0.15) is 39.5 Å². The van der Waals surface area contributed by atoms with Gasteiger partial charge in [0, 0.05) is 19.2 Å². The van der Waals surface area contributed by atoms with Gasteiger partial charge in [-0.2, -0.15) is 0 Å². The van der Waals surface area contributed by atoms with Crippen LogP contribution in [0.25, 0.3) is 0 Å². The van der Waals surface area contributed by atoms with E-state index < -0.39 is 12.0 Å². The molecule has 2 aliphatic heterocycles. The van der Waals surface area contributed by atoms with E-state index in [1.54, 1.807) is 0 Å². The monoisotopic (exact) mass is 284 g/mol. The second kappa shape index (κ2) is 6.43. The first kappa shape index (κ1) is 15.1. The van der Waals surface area contributed by atoms with E-state index in [1.807, 2.05) is 13.8 Å². The lowest BCUT2D eigenvalue weighted by molar-refractivity contribution is -0.143. The van der Waals surface area contributed by atoms with Crippen molar-refractivity contribution in [3.63, 3.8) is 0 Å². The van der Waals surface area contributed by atoms with Crippen LogP contribution in [0.5, 0.6) is 0 Å². The van der Waals surface area contributed by atoms with Gasteiger partial charge in [0.1, 0.15) is 6.04 Å². The lowest BCUT2D eigenvalue weighted by Crippen LogP contribution is -2.55. The van der Waals surface area contributed by atoms with Crippen LogP contribution < -0.4 is 5.32 Å². The predicted octanol–water partition coefficient (Wildman–Crippen LogP) is 1.45. The summed E-state index contributed by atoms with van der Waals surface area (Å²) in [7, 11) is 0. The molecule has 0 spiro atoms. The lowest BCUT2D eigenvalue weighted by Gasteiger charge is -2.37. The Labute approximate surface area is 119 Å². The molecule has 0 aliphatic carbocycles. The number of carbonyl (C=O) groups excluding carboxylic acids is 1. The topological polar surface area (TPSA) is 78.9 Å². The number of amides is 2. The number of carboxylic acids is 1. The van der Waals surface area contributed by atoms with Gasteiger partial charge in [-0.25, -0.2) is 9.59 Å². The van der Waals surface area contributed by atoms with E-state index in [-0.39, 0.29) is 18.2 Å². The fourth-order valence-electron chi connectivity index (χ4n) is 3.01. The van der Waals surface area contributed by atoms with Gasteiger partial charge >= 0.3 is 12.0 Å². The van der Waals surface area contributed by atoms with Crippen molar-refractivity contribution >= 4 is 12.0 Å². The Morgan fingerprint density at radius 2 is 2.00 bits per heavy atom. The minimum atomic E-state index is -0.910. The quantitative estimate of drug-likeness (QED) is 0.804. The molecule has 0 aromatic carbocycles. The van der Waals surface area contributed by atoms with Gasteiger partial charge in [0.25, 0.3) is 0 Å². The Kier molecular flexibility index (Phi) is 4.86. The van der Waals surface area contributed by atoms with Crippen LogP contribution >= 0.6 is 0 Å². The summed E-state index contributed by atoms with van der Waals surface area (Å²) in [5.41, 5.74) is 0. The minimum Gasteiger partial charge on any atom is -0.480 e. The Hall–Kier alpha value is -1.30. The van der Waals surface area contributed by atoms with Gasteiger partial charge in [-0.3, -0.25) is 0 Å². The third-order valence-corrected chi connectivity index (χ3v) is 4.22. The molecule has 0 aromatic rings. The number of nitrogens with one attached hydrogen (secondary N) is 1. The number of piperidine rings is 1. The maximum absolute atomic E-state index is 12.3. The summed E-state index contributed by atoms with van der Waals surface area (Å²) in [6, 6.07) is -0.862. The van der Waals surface area contributed by atoms with Gasteiger partial charge in [-0.15, -0.1) is 0 Å². The number of aliphatic carboxylic acids is 1. The van der Waals surface area contributed by atoms with Crippen LogP contribution in [0.15, 0.2) is 0 Å². The Balaban J connectivity index is 1.94. The van der Waals surface area contributed by atoms with Crippen LogP contribution in [0.3, 0.4) is 0 Å². The molecular weight excluding hydrogens is 260 g/mol. The summed E-state index contributed by atoms with van der Waals surface area (Å²) in [5, 5.41) is 12.2. The van der Waals surface area contributed by atoms with Gasteiger partial charge in [-0.1, -0.05) is 6.92 Å². The highest BCUT2D eigenvalue weighted by molar-refractivity contribution is 5.83. The molecule has 2 amide bonds. The number of carboxylic acid groups (broad SMARTS) is 1. The fraction of sp³-hybridized carbons (Fsp3) is 0.857. The standard InChI is InChI=1S/C14H24N2O4/c1-9-3-5-16(12(7-9)13(17)18)14(19)15-11-4-6-20-10(2)8-11/h9-12H,3-8H2,1-2H3,(H,15,19)(H,17,18). The molecule has 20 heavy (non-hydrogen) atoms. The van der Waals surface area contributed by atoms with Crippen molar-refractivity contribution < 1.29 is 19.4 Å². The Morgan fingerprint density at radius 1 is 1.25 bits per heavy atom. The third kappa shape index (κ3) is 3.62. The number of rotatable bonds is 2. The molecule has 0 bridgehead atoms. The molecule has 0 saturated carbocycles. The van der Waals surface area contributed by atoms with E-state index >= 15 is 0 Å². The van der Waals surface area contributed by atoms with Crippen LogP contribution in [-0.2, 0) is 9.53 Å². The molecule has 0 radical (unpaired) electrons. The molecule has 6 nitrogen and oxygen atoms in total. The average Bonchev–Trinajstić information content (AvgIpc) is 2.38. The second-order valence-corrected chi connectivity index (χ2v) is 6.03. The Morgan fingerprint density at radius 3 is 2.65 bits per heavy atom. The summed E-state index contributed by atoms with van der Waals surface area (Å²) in [6.07, 6.45) is 3.12. The molecule has 4 atom stereocenters. The van der Waals surface area contributed by atoms with Gasteiger partial charge < -0.3 is 20.1 Å². The molecule has 2 aliphatic rings. The summed E-state index contributed by atoms with van der Waals surface area (Å²) in [4.78, 5) is 25.1. The minimum absolute atomic E-state index is 0.0834. The van der Waals surface area contributed by atoms with E-state index in [4.69, 9.17) is 4.74 Å². The van der Waals surface area contributed by atoms with E-state index in [0.717, 1.165) is 19.3 Å². The number of carbonyl (C=O) groups is 2. The zero-order valence-electron chi connectivity index (χ0n) is 12.2. The zero-order valence-corrected chi connectivity index (χ0v) is 12.2. The van der Waals surface area contributed by atoms with Crippen LogP contribution in [0, 0.1) is 5.92 Å². The molecule has 2 rings (SSSR count). The highest BCUT2D eigenvalue weighted by atomic mass is 16.5. The number of hydrogen-bond acceptors (Lipinski definition) is 3. The normalized spacial score (nSPS) is 34.6. The number of hydrogen-bond donors (Lipinski definition) is 2. The average molecular weight is 284 g/mol.